The molecule has 0 bridgehead atoms. The molecule has 1 saturated heterocycles. The van der Waals surface area contributed by atoms with Gasteiger partial charge in [0.05, 0.1) is 16.8 Å². The zero-order chi connectivity index (χ0) is 11.6. The molecule has 0 aromatic heterocycles. The normalized spacial score (nSPS) is 21.2. The van der Waals surface area contributed by atoms with Crippen molar-refractivity contribution >= 4 is 21.4 Å². The van der Waals surface area contributed by atoms with Crippen LogP contribution in [0, 0.1) is 0 Å². The minimum atomic E-state index is -3.24. The van der Waals surface area contributed by atoms with Gasteiger partial charge in [-0.15, -0.1) is 0 Å². The number of hydrogen-bond acceptors (Lipinski definition) is 3. The van der Waals surface area contributed by atoms with Crippen LogP contribution in [0.2, 0.25) is 5.02 Å². The molecule has 5 heteroatoms. The summed E-state index contributed by atoms with van der Waals surface area (Å²) in [7, 11) is -3.24. The third-order valence-corrected chi connectivity index (χ3v) is 4.66. The van der Waals surface area contributed by atoms with Gasteiger partial charge in [0.15, 0.2) is 9.84 Å². The fourth-order valence-electron chi connectivity index (χ4n) is 1.76. The first-order valence-corrected chi connectivity index (χ1v) is 7.21. The summed E-state index contributed by atoms with van der Waals surface area (Å²) in [5.41, 5.74) is 0. The highest BCUT2D eigenvalue weighted by Gasteiger charge is 2.24. The summed E-state index contributed by atoms with van der Waals surface area (Å²) >= 11 is 5.71. The maximum atomic E-state index is 12.0. The third-order valence-electron chi connectivity index (χ3n) is 2.60. The summed E-state index contributed by atoms with van der Waals surface area (Å²) in [4.78, 5) is 0.312. The molecule has 0 N–H and O–H groups in total. The zero-order valence-corrected chi connectivity index (χ0v) is 10.3. The van der Waals surface area contributed by atoms with E-state index >= 15 is 0 Å². The molecule has 0 amide bonds. The largest absolute Gasteiger partial charge is 0.377 e. The van der Waals surface area contributed by atoms with Crippen LogP contribution < -0.4 is 0 Å². The van der Waals surface area contributed by atoms with Gasteiger partial charge in [0.2, 0.25) is 0 Å². The summed E-state index contributed by atoms with van der Waals surface area (Å²) in [6, 6.07) is 6.24. The Hall–Kier alpha value is -0.580. The highest BCUT2D eigenvalue weighted by Crippen LogP contribution is 2.20. The monoisotopic (exact) mass is 260 g/mol. The first kappa shape index (κ1) is 11.9. The van der Waals surface area contributed by atoms with Crippen molar-refractivity contribution in [1.29, 1.82) is 0 Å². The molecule has 1 aliphatic rings. The molecule has 2 rings (SSSR count). The average molecular weight is 261 g/mol. The van der Waals surface area contributed by atoms with Gasteiger partial charge in [-0.3, -0.25) is 0 Å². The van der Waals surface area contributed by atoms with E-state index < -0.39 is 9.84 Å². The Morgan fingerprint density at radius 3 is 2.56 bits per heavy atom. The molecule has 1 aromatic carbocycles. The van der Waals surface area contributed by atoms with Crippen LogP contribution in [0.5, 0.6) is 0 Å². The van der Waals surface area contributed by atoms with E-state index in [0.29, 0.717) is 16.5 Å². The summed E-state index contributed by atoms with van der Waals surface area (Å²) in [6.45, 7) is 0.667. The van der Waals surface area contributed by atoms with Crippen molar-refractivity contribution in [2.75, 3.05) is 12.4 Å². The van der Waals surface area contributed by atoms with E-state index in [1.54, 1.807) is 12.1 Å². The molecule has 1 aliphatic heterocycles. The second-order valence-corrected chi connectivity index (χ2v) is 6.34. The zero-order valence-electron chi connectivity index (χ0n) is 8.73. The molecule has 3 nitrogen and oxygen atoms in total. The van der Waals surface area contributed by atoms with E-state index in [9.17, 15) is 8.42 Å². The van der Waals surface area contributed by atoms with Crippen LogP contribution in [0.4, 0.5) is 0 Å². The molecular weight excluding hydrogens is 248 g/mol. The van der Waals surface area contributed by atoms with Crippen molar-refractivity contribution in [3.63, 3.8) is 0 Å². The Kier molecular flexibility index (Phi) is 3.52. The first-order valence-electron chi connectivity index (χ1n) is 5.18. The van der Waals surface area contributed by atoms with Crippen molar-refractivity contribution in [1.82, 2.24) is 0 Å². The molecule has 0 aliphatic carbocycles. The van der Waals surface area contributed by atoms with Crippen molar-refractivity contribution in [2.45, 2.75) is 23.8 Å². The predicted octanol–water partition coefficient (Wildman–Crippen LogP) is 2.29. The summed E-state index contributed by atoms with van der Waals surface area (Å²) < 4.78 is 29.3. The van der Waals surface area contributed by atoms with E-state index in [2.05, 4.69) is 0 Å². The lowest BCUT2D eigenvalue weighted by molar-refractivity contribution is 0.127. The van der Waals surface area contributed by atoms with Crippen LogP contribution in [0.25, 0.3) is 0 Å². The lowest BCUT2D eigenvalue weighted by Crippen LogP contribution is -2.20. The minimum absolute atomic E-state index is 0.0641. The Balaban J connectivity index is 2.14. The van der Waals surface area contributed by atoms with E-state index in [0.717, 1.165) is 12.8 Å². The molecule has 1 atom stereocenters. The number of benzene rings is 1. The Labute approximate surface area is 100 Å². The standard InChI is InChI=1S/C11H13ClO3S/c12-9-3-5-11(6-4-9)16(13,14)8-10-2-1-7-15-10/h3-6,10H,1-2,7-8H2/t10-/m1/s1. The van der Waals surface area contributed by atoms with Gasteiger partial charge >= 0.3 is 0 Å². The smallest absolute Gasteiger partial charge is 0.180 e. The van der Waals surface area contributed by atoms with Crippen LogP contribution in [0.1, 0.15) is 12.8 Å². The van der Waals surface area contributed by atoms with Crippen LogP contribution in [0.3, 0.4) is 0 Å². The van der Waals surface area contributed by atoms with Crippen molar-refractivity contribution < 1.29 is 13.2 Å². The van der Waals surface area contributed by atoms with Gasteiger partial charge in [-0.05, 0) is 37.1 Å². The Morgan fingerprint density at radius 1 is 1.31 bits per heavy atom. The molecule has 1 aromatic rings. The number of rotatable bonds is 3. The lowest BCUT2D eigenvalue weighted by atomic mass is 10.3. The van der Waals surface area contributed by atoms with Crippen LogP contribution in [-0.2, 0) is 14.6 Å². The Morgan fingerprint density at radius 2 is 2.00 bits per heavy atom. The van der Waals surface area contributed by atoms with E-state index in [1.807, 2.05) is 0 Å². The number of ether oxygens (including phenoxy) is 1. The van der Waals surface area contributed by atoms with Crippen molar-refractivity contribution in [2.24, 2.45) is 0 Å². The maximum absolute atomic E-state index is 12.0. The average Bonchev–Trinajstić information content (AvgIpc) is 2.70. The quantitative estimate of drug-likeness (QED) is 0.838. The lowest BCUT2D eigenvalue weighted by Gasteiger charge is -2.10. The molecule has 1 heterocycles. The van der Waals surface area contributed by atoms with Crippen LogP contribution >= 0.6 is 11.6 Å². The van der Waals surface area contributed by atoms with Gasteiger partial charge in [-0.25, -0.2) is 8.42 Å². The molecule has 0 spiro atoms. The molecule has 16 heavy (non-hydrogen) atoms. The number of halogens is 1. The van der Waals surface area contributed by atoms with Gasteiger partial charge < -0.3 is 4.74 Å². The highest BCUT2D eigenvalue weighted by atomic mass is 35.5. The molecular formula is C11H13ClO3S. The maximum Gasteiger partial charge on any atom is 0.180 e. The fourth-order valence-corrected chi connectivity index (χ4v) is 3.38. The SMILES string of the molecule is O=S(=O)(C[C@H]1CCCO1)c1ccc(Cl)cc1. The van der Waals surface area contributed by atoms with Gasteiger partial charge in [-0.1, -0.05) is 11.6 Å². The molecule has 88 valence electrons. The highest BCUT2D eigenvalue weighted by molar-refractivity contribution is 7.91. The van der Waals surface area contributed by atoms with Gasteiger partial charge in [-0.2, -0.15) is 0 Å². The predicted molar refractivity (Wildman–Crippen MR) is 62.5 cm³/mol. The minimum Gasteiger partial charge on any atom is -0.377 e. The van der Waals surface area contributed by atoms with E-state index in [-0.39, 0.29) is 11.9 Å². The molecule has 0 unspecified atom stereocenters. The van der Waals surface area contributed by atoms with Gasteiger partial charge in [0.1, 0.15) is 0 Å². The Bertz CT molecular complexity index is 447. The summed E-state index contributed by atoms with van der Waals surface area (Å²) in [5.74, 6) is 0.0641. The third kappa shape index (κ3) is 2.75. The molecule has 0 saturated carbocycles. The number of sulfone groups is 1. The van der Waals surface area contributed by atoms with Gasteiger partial charge in [0, 0.05) is 11.6 Å². The van der Waals surface area contributed by atoms with Crippen LogP contribution in [-0.4, -0.2) is 26.9 Å². The first-order chi connectivity index (χ1) is 7.58. The van der Waals surface area contributed by atoms with Crippen LogP contribution in [0.15, 0.2) is 29.2 Å². The second kappa shape index (κ2) is 4.73. The van der Waals surface area contributed by atoms with E-state index in [1.165, 1.54) is 12.1 Å². The second-order valence-electron chi connectivity index (χ2n) is 3.87. The molecule has 0 radical (unpaired) electrons. The summed E-state index contributed by atoms with van der Waals surface area (Å²) in [6.07, 6.45) is 1.62. The summed E-state index contributed by atoms with van der Waals surface area (Å²) in [5, 5.41) is 0.538. The number of hydrogen-bond donors (Lipinski definition) is 0. The van der Waals surface area contributed by atoms with Crippen molar-refractivity contribution in [3.05, 3.63) is 29.3 Å². The van der Waals surface area contributed by atoms with Crippen molar-refractivity contribution in [3.8, 4) is 0 Å². The topological polar surface area (TPSA) is 43.4 Å². The fraction of sp³-hybridized carbons (Fsp3) is 0.455. The van der Waals surface area contributed by atoms with E-state index in [4.69, 9.17) is 16.3 Å². The van der Waals surface area contributed by atoms with Gasteiger partial charge in [0.25, 0.3) is 0 Å². The molecule has 1 fully saturated rings.